The summed E-state index contributed by atoms with van der Waals surface area (Å²) in [5, 5.41) is 26.8. The minimum Gasteiger partial charge on any atom is -0.508 e. The fourth-order valence-electron chi connectivity index (χ4n) is 3.24. The molecule has 2 rings (SSSR count). The minimum absolute atomic E-state index is 0.141. The van der Waals surface area contributed by atoms with Crippen LogP contribution in [0.4, 0.5) is 4.79 Å². The van der Waals surface area contributed by atoms with Crippen molar-refractivity contribution in [1.82, 2.24) is 10.6 Å². The van der Waals surface area contributed by atoms with Crippen LogP contribution < -0.4 is 10.6 Å². The molecule has 0 bridgehead atoms. The zero-order valence-corrected chi connectivity index (χ0v) is 20.2. The summed E-state index contributed by atoms with van der Waals surface area (Å²) in [6.45, 7) is 9.77. The van der Waals surface area contributed by atoms with Gasteiger partial charge in [0, 0.05) is 13.1 Å². The number of halogens is 1. The van der Waals surface area contributed by atoms with Crippen LogP contribution in [-0.4, -0.2) is 40.6 Å². The van der Waals surface area contributed by atoms with Crippen molar-refractivity contribution in [3.63, 3.8) is 0 Å². The van der Waals surface area contributed by atoms with E-state index in [4.69, 9.17) is 16.3 Å². The summed E-state index contributed by atoms with van der Waals surface area (Å²) in [4.78, 5) is 11.7. The van der Waals surface area contributed by atoms with Gasteiger partial charge in [0.2, 0.25) is 0 Å². The molecule has 6 nitrogen and oxygen atoms in total. The third-order valence-corrected chi connectivity index (χ3v) is 5.03. The molecule has 176 valence electrons. The lowest BCUT2D eigenvalue weighted by Crippen LogP contribution is -2.49. The highest BCUT2D eigenvalue weighted by Gasteiger charge is 2.25. The molecular formula is C25H35ClN2O4. The van der Waals surface area contributed by atoms with Gasteiger partial charge in [0.25, 0.3) is 0 Å². The van der Waals surface area contributed by atoms with Gasteiger partial charge in [0.1, 0.15) is 11.4 Å². The second kappa shape index (κ2) is 11.0. The molecule has 0 aliphatic carbocycles. The number of aromatic hydroxyl groups is 1. The Kier molecular flexibility index (Phi) is 8.96. The van der Waals surface area contributed by atoms with Crippen molar-refractivity contribution in [2.24, 2.45) is 0 Å². The summed E-state index contributed by atoms with van der Waals surface area (Å²) in [5.41, 5.74) is 2.02. The van der Waals surface area contributed by atoms with Gasteiger partial charge in [0.05, 0.1) is 17.0 Å². The first-order valence-electron chi connectivity index (χ1n) is 10.8. The molecule has 0 unspecified atom stereocenters. The van der Waals surface area contributed by atoms with Crippen molar-refractivity contribution in [3.05, 3.63) is 65.2 Å². The Bertz CT molecular complexity index is 876. The van der Waals surface area contributed by atoms with Gasteiger partial charge in [-0.3, -0.25) is 0 Å². The summed E-state index contributed by atoms with van der Waals surface area (Å²) >= 11 is 6.38. The largest absolute Gasteiger partial charge is 0.508 e. The highest BCUT2D eigenvalue weighted by atomic mass is 35.5. The first-order valence-corrected chi connectivity index (χ1v) is 11.2. The van der Waals surface area contributed by atoms with E-state index in [1.807, 2.05) is 50.2 Å². The normalized spacial score (nSPS) is 14.0. The van der Waals surface area contributed by atoms with E-state index >= 15 is 0 Å². The maximum absolute atomic E-state index is 12.3. The predicted octanol–water partition coefficient (Wildman–Crippen LogP) is 4.45. The molecule has 0 aromatic heterocycles. The quantitative estimate of drug-likeness (QED) is 0.413. The van der Waals surface area contributed by atoms with Crippen molar-refractivity contribution in [1.29, 1.82) is 0 Å². The monoisotopic (exact) mass is 462 g/mol. The average molecular weight is 463 g/mol. The molecule has 0 saturated carbocycles. The third-order valence-electron chi connectivity index (χ3n) is 4.81. The highest BCUT2D eigenvalue weighted by Crippen LogP contribution is 2.31. The molecule has 0 saturated heterocycles. The Hall–Kier alpha value is -2.28. The lowest BCUT2D eigenvalue weighted by atomic mass is 9.99. The summed E-state index contributed by atoms with van der Waals surface area (Å²) in [5.74, 6) is 0.141. The van der Waals surface area contributed by atoms with Gasteiger partial charge >= 0.3 is 6.09 Å². The molecule has 0 radical (unpaired) electrons. The Labute approximate surface area is 195 Å². The Morgan fingerprint density at radius 1 is 1.06 bits per heavy atom. The third kappa shape index (κ3) is 9.07. The SMILES string of the molecule is CC(C)(C)OC(=O)N[C@@H](Cc1ccccc1)[C@H](O)CNCc1cc(O)cc(C(C)(C)Cl)c1. The van der Waals surface area contributed by atoms with Crippen LogP contribution in [0.1, 0.15) is 51.3 Å². The number of ether oxygens (including phenoxy) is 1. The zero-order valence-electron chi connectivity index (χ0n) is 19.5. The number of carbonyl (C=O) groups excluding carboxylic acids is 1. The molecule has 2 atom stereocenters. The number of benzene rings is 2. The molecule has 2 aromatic carbocycles. The van der Waals surface area contributed by atoms with Crippen LogP contribution in [0.3, 0.4) is 0 Å². The van der Waals surface area contributed by atoms with Gasteiger partial charge in [-0.05, 0) is 69.9 Å². The number of alkyl carbamates (subject to hydrolysis) is 1. The van der Waals surface area contributed by atoms with E-state index in [0.717, 1.165) is 16.7 Å². The van der Waals surface area contributed by atoms with Crippen LogP contribution in [-0.2, 0) is 22.6 Å². The number of aliphatic hydroxyl groups excluding tert-OH is 1. The maximum Gasteiger partial charge on any atom is 0.407 e. The molecule has 7 heteroatoms. The number of hydrogen-bond donors (Lipinski definition) is 4. The molecule has 32 heavy (non-hydrogen) atoms. The number of aliphatic hydroxyl groups is 1. The lowest BCUT2D eigenvalue weighted by Gasteiger charge is -2.27. The molecule has 0 fully saturated rings. The minimum atomic E-state index is -0.857. The Morgan fingerprint density at radius 3 is 2.31 bits per heavy atom. The van der Waals surface area contributed by atoms with Gasteiger partial charge < -0.3 is 25.6 Å². The molecule has 0 heterocycles. The lowest BCUT2D eigenvalue weighted by molar-refractivity contribution is 0.0422. The van der Waals surface area contributed by atoms with Crippen LogP contribution >= 0.6 is 11.6 Å². The Balaban J connectivity index is 2.03. The van der Waals surface area contributed by atoms with Gasteiger partial charge in [-0.25, -0.2) is 4.79 Å². The van der Waals surface area contributed by atoms with Gasteiger partial charge in [-0.2, -0.15) is 0 Å². The van der Waals surface area contributed by atoms with Crippen LogP contribution in [0.25, 0.3) is 0 Å². The topological polar surface area (TPSA) is 90.8 Å². The van der Waals surface area contributed by atoms with Crippen LogP contribution in [0.2, 0.25) is 0 Å². The number of carbonyl (C=O) groups is 1. The maximum atomic E-state index is 12.3. The van der Waals surface area contributed by atoms with Crippen molar-refractivity contribution in [2.75, 3.05) is 6.54 Å². The molecule has 0 spiro atoms. The summed E-state index contributed by atoms with van der Waals surface area (Å²) in [6, 6.07) is 14.3. The first-order chi connectivity index (χ1) is 14.8. The van der Waals surface area contributed by atoms with Crippen molar-refractivity contribution >= 4 is 17.7 Å². The first kappa shape index (κ1) is 26.0. The van der Waals surface area contributed by atoms with E-state index in [2.05, 4.69) is 10.6 Å². The Morgan fingerprint density at radius 2 is 1.72 bits per heavy atom. The highest BCUT2D eigenvalue weighted by molar-refractivity contribution is 6.23. The molecule has 0 aliphatic rings. The predicted molar refractivity (Wildman–Crippen MR) is 128 cm³/mol. The summed E-state index contributed by atoms with van der Waals surface area (Å²) in [6.07, 6.45) is -0.969. The van der Waals surface area contributed by atoms with E-state index in [1.54, 1.807) is 32.9 Å². The van der Waals surface area contributed by atoms with E-state index in [9.17, 15) is 15.0 Å². The summed E-state index contributed by atoms with van der Waals surface area (Å²) < 4.78 is 5.37. The molecule has 0 aliphatic heterocycles. The zero-order chi connectivity index (χ0) is 23.9. The molecular weight excluding hydrogens is 428 g/mol. The number of phenolic OH excluding ortho intramolecular Hbond substituents is 1. The second-order valence-corrected chi connectivity index (χ2v) is 10.4. The van der Waals surface area contributed by atoms with Crippen molar-refractivity contribution in [3.8, 4) is 5.75 Å². The van der Waals surface area contributed by atoms with E-state index in [-0.39, 0.29) is 12.3 Å². The fourth-order valence-corrected chi connectivity index (χ4v) is 3.35. The second-order valence-electron chi connectivity index (χ2n) is 9.50. The fraction of sp³-hybridized carbons (Fsp3) is 0.480. The summed E-state index contributed by atoms with van der Waals surface area (Å²) in [7, 11) is 0. The van der Waals surface area contributed by atoms with Crippen LogP contribution in [0.5, 0.6) is 5.75 Å². The van der Waals surface area contributed by atoms with Crippen LogP contribution in [0.15, 0.2) is 48.5 Å². The standard InChI is InChI=1S/C25H35ClN2O4/c1-24(2,3)32-23(31)28-21(13-17-9-7-6-8-10-17)22(30)16-27-15-18-11-19(25(4,5)26)14-20(29)12-18/h6-12,14,21-22,27,29-30H,13,15-16H2,1-5H3,(H,28,31)/t21-,22+/m0/s1. The number of alkyl halides is 1. The van der Waals surface area contributed by atoms with Gasteiger partial charge in [0.15, 0.2) is 0 Å². The van der Waals surface area contributed by atoms with E-state index in [1.165, 1.54) is 0 Å². The van der Waals surface area contributed by atoms with Gasteiger partial charge in [-0.15, -0.1) is 11.6 Å². The average Bonchev–Trinajstić information content (AvgIpc) is 2.65. The molecule has 2 aromatic rings. The number of amides is 1. The van der Waals surface area contributed by atoms with E-state index in [0.29, 0.717) is 13.0 Å². The van der Waals surface area contributed by atoms with E-state index < -0.39 is 28.7 Å². The number of nitrogens with one attached hydrogen (secondary N) is 2. The number of hydrogen-bond acceptors (Lipinski definition) is 5. The van der Waals surface area contributed by atoms with Crippen molar-refractivity contribution < 1.29 is 19.7 Å². The number of phenols is 1. The smallest absolute Gasteiger partial charge is 0.407 e. The van der Waals surface area contributed by atoms with Crippen molar-refractivity contribution in [2.45, 2.75) is 70.2 Å². The number of rotatable bonds is 9. The van der Waals surface area contributed by atoms with Crippen LogP contribution in [0, 0.1) is 0 Å². The molecule has 4 N–H and O–H groups in total. The van der Waals surface area contributed by atoms with Gasteiger partial charge in [-0.1, -0.05) is 36.4 Å². The molecule has 1 amide bonds.